The van der Waals surface area contributed by atoms with Gasteiger partial charge in [0.1, 0.15) is 0 Å². The lowest BCUT2D eigenvalue weighted by atomic mass is 9.88. The summed E-state index contributed by atoms with van der Waals surface area (Å²) in [6.07, 6.45) is -3.69. The van der Waals surface area contributed by atoms with Crippen molar-refractivity contribution in [1.29, 1.82) is 0 Å². The zero-order valence-corrected chi connectivity index (χ0v) is 17.0. The minimum absolute atomic E-state index is 0.0486. The van der Waals surface area contributed by atoms with Crippen LogP contribution in [0, 0.1) is 12.3 Å². The van der Waals surface area contributed by atoms with Crippen LogP contribution in [0.4, 0.5) is 26.3 Å². The lowest BCUT2D eigenvalue weighted by Crippen LogP contribution is -2.11. The van der Waals surface area contributed by atoms with Crippen LogP contribution in [0.15, 0.2) is 35.9 Å². The van der Waals surface area contributed by atoms with E-state index in [4.69, 9.17) is 0 Å². The SMILES string of the molecule is CCCc1ccc2c(c1-c1cc(C(F)(F)F)cc(C(F)(F)F)c1)C=C(C(C)CC)[CH]2. The number of aryl methyl sites for hydroxylation is 1. The first kappa shape index (κ1) is 22.4. The molecule has 6 heteroatoms. The molecule has 3 rings (SSSR count). The maximum Gasteiger partial charge on any atom is 0.416 e. The molecular weight excluding hydrogens is 402 g/mol. The average Bonchev–Trinajstić information content (AvgIpc) is 3.10. The van der Waals surface area contributed by atoms with Gasteiger partial charge < -0.3 is 0 Å². The van der Waals surface area contributed by atoms with E-state index in [0.29, 0.717) is 17.5 Å². The number of rotatable bonds is 5. The molecule has 0 saturated heterocycles. The minimum atomic E-state index is -4.87. The summed E-state index contributed by atoms with van der Waals surface area (Å²) in [6, 6.07) is 5.56. The predicted octanol–water partition coefficient (Wildman–Crippen LogP) is 8.34. The third-order valence-electron chi connectivity index (χ3n) is 5.58. The first-order chi connectivity index (χ1) is 14.0. The second kappa shape index (κ2) is 8.12. The third-order valence-corrected chi connectivity index (χ3v) is 5.58. The van der Waals surface area contributed by atoms with E-state index in [1.807, 2.05) is 45.4 Å². The lowest BCUT2D eigenvalue weighted by Gasteiger charge is -2.18. The Labute approximate surface area is 172 Å². The maximum atomic E-state index is 13.4. The Morgan fingerprint density at radius 1 is 0.867 bits per heavy atom. The average molecular weight is 425 g/mol. The second-order valence-corrected chi connectivity index (χ2v) is 7.75. The number of hydrogen-bond acceptors (Lipinski definition) is 0. The summed E-state index contributed by atoms with van der Waals surface area (Å²) >= 11 is 0. The molecule has 0 heterocycles. The summed E-state index contributed by atoms with van der Waals surface area (Å²) in [7, 11) is 0. The van der Waals surface area contributed by atoms with Crippen LogP contribution in [0.2, 0.25) is 0 Å². The van der Waals surface area contributed by atoms with Gasteiger partial charge in [0.2, 0.25) is 0 Å². The van der Waals surface area contributed by atoms with Crippen molar-refractivity contribution in [3.63, 3.8) is 0 Å². The molecule has 1 radical (unpaired) electrons. The summed E-state index contributed by atoms with van der Waals surface area (Å²) in [5, 5.41) is 0. The van der Waals surface area contributed by atoms with E-state index in [0.717, 1.165) is 41.7 Å². The van der Waals surface area contributed by atoms with Gasteiger partial charge in [-0.15, -0.1) is 0 Å². The molecule has 2 aromatic rings. The molecular formula is C24H23F6. The number of fused-ring (bicyclic) bond motifs is 1. The Balaban J connectivity index is 2.30. The predicted molar refractivity (Wildman–Crippen MR) is 107 cm³/mol. The van der Waals surface area contributed by atoms with Crippen molar-refractivity contribution in [2.24, 2.45) is 5.92 Å². The van der Waals surface area contributed by atoms with Crippen LogP contribution in [0.1, 0.15) is 61.4 Å². The molecule has 161 valence electrons. The van der Waals surface area contributed by atoms with Crippen molar-refractivity contribution in [3.8, 4) is 11.1 Å². The fourth-order valence-corrected chi connectivity index (χ4v) is 3.79. The standard InChI is InChI=1S/C24H23F6/c1-4-6-15-7-8-16-9-17(14(3)5-2)12-21(16)22(15)18-10-19(23(25,26)27)13-20(11-18)24(28,29)30/h7-14H,4-6H2,1-3H3. The van der Waals surface area contributed by atoms with Gasteiger partial charge in [-0.2, -0.15) is 26.3 Å². The summed E-state index contributed by atoms with van der Waals surface area (Å²) in [5.74, 6) is 0.243. The summed E-state index contributed by atoms with van der Waals surface area (Å²) in [5.41, 5.74) is 1.13. The summed E-state index contributed by atoms with van der Waals surface area (Å²) in [4.78, 5) is 0. The monoisotopic (exact) mass is 425 g/mol. The molecule has 0 spiro atoms. The highest BCUT2D eigenvalue weighted by atomic mass is 19.4. The van der Waals surface area contributed by atoms with Gasteiger partial charge >= 0.3 is 12.4 Å². The van der Waals surface area contributed by atoms with Crippen molar-refractivity contribution in [2.45, 2.75) is 52.4 Å². The highest BCUT2D eigenvalue weighted by Gasteiger charge is 2.37. The van der Waals surface area contributed by atoms with Crippen LogP contribution in [-0.4, -0.2) is 0 Å². The van der Waals surface area contributed by atoms with E-state index in [1.165, 1.54) is 0 Å². The molecule has 2 aromatic carbocycles. The molecule has 0 aromatic heterocycles. The van der Waals surface area contributed by atoms with E-state index < -0.39 is 23.5 Å². The Kier molecular flexibility index (Phi) is 6.08. The fourth-order valence-electron chi connectivity index (χ4n) is 3.79. The van der Waals surface area contributed by atoms with Gasteiger partial charge in [-0.05, 0) is 64.8 Å². The first-order valence-corrected chi connectivity index (χ1v) is 9.97. The molecule has 30 heavy (non-hydrogen) atoms. The topological polar surface area (TPSA) is 0 Å². The molecule has 0 fully saturated rings. The third kappa shape index (κ3) is 4.42. The number of alkyl halides is 6. The quantitative estimate of drug-likeness (QED) is 0.422. The molecule has 0 bridgehead atoms. The van der Waals surface area contributed by atoms with Crippen LogP contribution in [0.25, 0.3) is 17.2 Å². The van der Waals surface area contributed by atoms with E-state index in [9.17, 15) is 26.3 Å². The smallest absolute Gasteiger partial charge is 0.166 e. The van der Waals surface area contributed by atoms with Crippen LogP contribution in [0.3, 0.4) is 0 Å². The molecule has 0 N–H and O–H groups in total. The van der Waals surface area contributed by atoms with Gasteiger partial charge in [-0.25, -0.2) is 0 Å². The number of hydrogen-bond donors (Lipinski definition) is 0. The summed E-state index contributed by atoms with van der Waals surface area (Å²) < 4.78 is 80.4. The fraction of sp³-hybridized carbons (Fsp3) is 0.375. The van der Waals surface area contributed by atoms with Gasteiger partial charge in [-0.3, -0.25) is 0 Å². The molecule has 0 nitrogen and oxygen atoms in total. The Morgan fingerprint density at radius 3 is 1.97 bits per heavy atom. The Hall–Kier alpha value is -2.24. The summed E-state index contributed by atoms with van der Waals surface area (Å²) in [6.45, 7) is 6.01. The molecule has 1 atom stereocenters. The largest absolute Gasteiger partial charge is 0.416 e. The molecule has 1 aliphatic carbocycles. The second-order valence-electron chi connectivity index (χ2n) is 7.75. The van der Waals surface area contributed by atoms with E-state index in [-0.39, 0.29) is 17.5 Å². The molecule has 1 unspecified atom stereocenters. The van der Waals surface area contributed by atoms with E-state index >= 15 is 0 Å². The Morgan fingerprint density at radius 2 is 1.47 bits per heavy atom. The van der Waals surface area contributed by atoms with E-state index in [1.54, 1.807) is 0 Å². The van der Waals surface area contributed by atoms with E-state index in [2.05, 4.69) is 0 Å². The normalized spacial score (nSPS) is 15.2. The van der Waals surface area contributed by atoms with Gasteiger partial charge in [-0.1, -0.05) is 51.0 Å². The van der Waals surface area contributed by atoms with Gasteiger partial charge in [0.15, 0.2) is 0 Å². The highest BCUT2D eigenvalue weighted by Crippen LogP contribution is 2.44. The number of halogens is 6. The van der Waals surface area contributed by atoms with Crippen molar-refractivity contribution < 1.29 is 26.3 Å². The van der Waals surface area contributed by atoms with Gasteiger partial charge in [0.25, 0.3) is 0 Å². The molecule has 1 aliphatic rings. The number of allylic oxidation sites excluding steroid dienone is 1. The molecule has 0 amide bonds. The molecule has 0 saturated carbocycles. The lowest BCUT2D eigenvalue weighted by molar-refractivity contribution is -0.143. The number of benzene rings is 2. The maximum absolute atomic E-state index is 13.4. The van der Waals surface area contributed by atoms with Crippen LogP contribution < -0.4 is 0 Å². The first-order valence-electron chi connectivity index (χ1n) is 9.97. The molecule has 0 aliphatic heterocycles. The zero-order valence-electron chi connectivity index (χ0n) is 17.0. The zero-order chi connectivity index (χ0) is 22.3. The van der Waals surface area contributed by atoms with Crippen LogP contribution >= 0.6 is 0 Å². The van der Waals surface area contributed by atoms with Gasteiger partial charge in [0.05, 0.1) is 11.1 Å². The van der Waals surface area contributed by atoms with Gasteiger partial charge in [0, 0.05) is 6.42 Å². The van der Waals surface area contributed by atoms with Crippen LogP contribution in [0.5, 0.6) is 0 Å². The van der Waals surface area contributed by atoms with Crippen molar-refractivity contribution in [1.82, 2.24) is 0 Å². The van der Waals surface area contributed by atoms with Crippen molar-refractivity contribution >= 4 is 6.08 Å². The Bertz CT molecular complexity index is 931. The van der Waals surface area contributed by atoms with Crippen molar-refractivity contribution in [2.75, 3.05) is 0 Å². The minimum Gasteiger partial charge on any atom is -0.166 e. The van der Waals surface area contributed by atoms with Crippen LogP contribution in [-0.2, 0) is 18.8 Å². The van der Waals surface area contributed by atoms with Crippen molar-refractivity contribution in [3.05, 3.63) is 70.1 Å². The highest BCUT2D eigenvalue weighted by molar-refractivity contribution is 5.86.